The van der Waals surface area contributed by atoms with Gasteiger partial charge in [0, 0.05) is 40.5 Å². The Hall–Kier alpha value is -1.20. The van der Waals surface area contributed by atoms with Crippen molar-refractivity contribution in [2.45, 2.75) is 31.2 Å². The monoisotopic (exact) mass is 278 g/mol. The predicted molar refractivity (Wildman–Crippen MR) is 78.8 cm³/mol. The molecular formula is C14H18N2O2S. The fourth-order valence-electron chi connectivity index (χ4n) is 2.71. The third-order valence-electron chi connectivity index (χ3n) is 4.05. The van der Waals surface area contributed by atoms with Crippen LogP contribution in [0.2, 0.25) is 0 Å². The first-order chi connectivity index (χ1) is 9.08. The molecule has 0 bridgehead atoms. The molecule has 4 nitrogen and oxygen atoms in total. The highest BCUT2D eigenvalue weighted by Gasteiger charge is 2.30. The first kappa shape index (κ1) is 12.8. The fraction of sp³-hybridized carbons (Fsp3) is 0.500. The van der Waals surface area contributed by atoms with Crippen molar-refractivity contribution in [1.82, 2.24) is 0 Å². The molecule has 3 atom stereocenters. The first-order valence-electron chi connectivity index (χ1n) is 6.59. The second-order valence-electron chi connectivity index (χ2n) is 5.17. The molecule has 19 heavy (non-hydrogen) atoms. The summed E-state index contributed by atoms with van der Waals surface area (Å²) in [6.45, 7) is 5.50. The summed E-state index contributed by atoms with van der Waals surface area (Å²) in [6.07, 6.45) is -1.02. The van der Waals surface area contributed by atoms with E-state index in [1.54, 1.807) is 0 Å². The number of hydrogen-bond acceptors (Lipinski definition) is 4. The van der Waals surface area contributed by atoms with Gasteiger partial charge in [-0.3, -0.25) is 4.79 Å². The average Bonchev–Trinajstić information content (AvgIpc) is 2.68. The van der Waals surface area contributed by atoms with Crippen molar-refractivity contribution >= 4 is 29.0 Å². The summed E-state index contributed by atoms with van der Waals surface area (Å²) in [5, 5.41) is 13.0. The van der Waals surface area contributed by atoms with E-state index in [2.05, 4.69) is 24.1 Å². The number of aliphatic hydroxyl groups excluding tert-OH is 1. The van der Waals surface area contributed by atoms with Crippen LogP contribution < -0.4 is 10.2 Å². The van der Waals surface area contributed by atoms with Crippen molar-refractivity contribution in [2.24, 2.45) is 0 Å². The van der Waals surface area contributed by atoms with Gasteiger partial charge in [-0.15, -0.1) is 0 Å². The van der Waals surface area contributed by atoms with Gasteiger partial charge in [0.05, 0.1) is 0 Å². The topological polar surface area (TPSA) is 52.6 Å². The number of rotatable bonds is 1. The standard InChI is InChI=1S/C14H18N2O2S/c1-8-9(2)19-6-5-16(8)10-3-4-11-12(7-10)15-14(18)13(11)17/h3-4,7-9,13,17H,5-6H2,1-2H3,(H,15,18). The van der Waals surface area contributed by atoms with E-state index >= 15 is 0 Å². The van der Waals surface area contributed by atoms with Crippen LogP contribution in [-0.2, 0) is 4.79 Å². The van der Waals surface area contributed by atoms with Crippen molar-refractivity contribution in [3.63, 3.8) is 0 Å². The fourth-order valence-corrected chi connectivity index (χ4v) is 3.81. The maximum Gasteiger partial charge on any atom is 0.257 e. The van der Waals surface area contributed by atoms with Crippen LogP contribution in [0.15, 0.2) is 18.2 Å². The summed E-state index contributed by atoms with van der Waals surface area (Å²) in [5.74, 6) is 0.792. The van der Waals surface area contributed by atoms with Gasteiger partial charge in [0.25, 0.3) is 5.91 Å². The Morgan fingerprint density at radius 2 is 2.21 bits per heavy atom. The van der Waals surface area contributed by atoms with Gasteiger partial charge in [0.15, 0.2) is 6.10 Å². The lowest BCUT2D eigenvalue weighted by atomic mass is 10.1. The Balaban J connectivity index is 1.91. The maximum atomic E-state index is 11.5. The van der Waals surface area contributed by atoms with E-state index in [9.17, 15) is 9.90 Å². The number of fused-ring (bicyclic) bond motifs is 1. The number of carbonyl (C=O) groups excluding carboxylic acids is 1. The molecule has 0 aromatic heterocycles. The molecule has 1 aromatic carbocycles. The number of carbonyl (C=O) groups is 1. The molecule has 2 aliphatic heterocycles. The Bertz CT molecular complexity index is 520. The molecule has 1 fully saturated rings. The van der Waals surface area contributed by atoms with Gasteiger partial charge in [-0.05, 0) is 19.1 Å². The molecule has 0 saturated carbocycles. The molecule has 2 N–H and O–H groups in total. The number of amides is 1. The molecule has 3 rings (SSSR count). The van der Waals surface area contributed by atoms with Crippen LogP contribution in [0, 0.1) is 0 Å². The lowest BCUT2D eigenvalue weighted by Gasteiger charge is -2.39. The van der Waals surface area contributed by atoms with E-state index in [0.717, 1.165) is 23.7 Å². The molecule has 102 valence electrons. The number of benzene rings is 1. The number of aliphatic hydroxyl groups is 1. The summed E-state index contributed by atoms with van der Waals surface area (Å²) in [6, 6.07) is 6.30. The van der Waals surface area contributed by atoms with Crippen molar-refractivity contribution in [3.8, 4) is 0 Å². The van der Waals surface area contributed by atoms with Crippen molar-refractivity contribution in [1.29, 1.82) is 0 Å². The van der Waals surface area contributed by atoms with Crippen LogP contribution in [-0.4, -0.2) is 34.6 Å². The van der Waals surface area contributed by atoms with Gasteiger partial charge in [0.2, 0.25) is 0 Å². The molecule has 3 unspecified atom stereocenters. The summed E-state index contributed by atoms with van der Waals surface area (Å²) in [7, 11) is 0. The van der Waals surface area contributed by atoms with E-state index in [0.29, 0.717) is 16.9 Å². The molecule has 0 radical (unpaired) electrons. The highest BCUT2D eigenvalue weighted by Crippen LogP contribution is 2.36. The third kappa shape index (κ3) is 2.11. The SMILES string of the molecule is CC1SCCN(c2ccc3c(c2)NC(=O)C3O)C1C. The Labute approximate surface area is 117 Å². The van der Waals surface area contributed by atoms with Crippen molar-refractivity contribution < 1.29 is 9.90 Å². The van der Waals surface area contributed by atoms with Gasteiger partial charge >= 0.3 is 0 Å². The maximum absolute atomic E-state index is 11.5. The Morgan fingerprint density at radius 1 is 1.42 bits per heavy atom. The Morgan fingerprint density at radius 3 is 3.00 bits per heavy atom. The molecule has 0 spiro atoms. The van der Waals surface area contributed by atoms with Crippen LogP contribution in [0.1, 0.15) is 25.5 Å². The van der Waals surface area contributed by atoms with Crippen molar-refractivity contribution in [2.75, 3.05) is 22.5 Å². The number of nitrogens with one attached hydrogen (secondary N) is 1. The van der Waals surface area contributed by atoms with Crippen LogP contribution in [0.3, 0.4) is 0 Å². The molecule has 5 heteroatoms. The first-order valence-corrected chi connectivity index (χ1v) is 7.64. The smallest absolute Gasteiger partial charge is 0.257 e. The summed E-state index contributed by atoms with van der Waals surface area (Å²) >= 11 is 2.00. The van der Waals surface area contributed by atoms with Crippen LogP contribution in [0.4, 0.5) is 11.4 Å². The molecule has 1 amide bonds. The average molecular weight is 278 g/mol. The van der Waals surface area contributed by atoms with Crippen LogP contribution in [0.25, 0.3) is 0 Å². The number of hydrogen-bond donors (Lipinski definition) is 2. The Kier molecular flexibility index (Phi) is 3.19. The van der Waals surface area contributed by atoms with Crippen LogP contribution >= 0.6 is 11.8 Å². The zero-order valence-corrected chi connectivity index (χ0v) is 11.9. The summed E-state index contributed by atoms with van der Waals surface area (Å²) in [5.41, 5.74) is 2.54. The van der Waals surface area contributed by atoms with E-state index in [1.807, 2.05) is 30.0 Å². The molecule has 0 aliphatic carbocycles. The van der Waals surface area contributed by atoms with Gasteiger partial charge in [0.1, 0.15) is 0 Å². The lowest BCUT2D eigenvalue weighted by molar-refractivity contribution is -0.123. The highest BCUT2D eigenvalue weighted by molar-refractivity contribution is 8.00. The minimum atomic E-state index is -1.02. The quantitative estimate of drug-likeness (QED) is 0.825. The van der Waals surface area contributed by atoms with Gasteiger partial charge < -0.3 is 15.3 Å². The van der Waals surface area contributed by atoms with E-state index in [4.69, 9.17) is 0 Å². The molecule has 1 aromatic rings. The number of thioether (sulfide) groups is 1. The largest absolute Gasteiger partial charge is 0.378 e. The van der Waals surface area contributed by atoms with Crippen molar-refractivity contribution in [3.05, 3.63) is 23.8 Å². The molecular weight excluding hydrogens is 260 g/mol. The predicted octanol–water partition coefficient (Wildman–Crippen LogP) is 2.00. The number of anilines is 2. The van der Waals surface area contributed by atoms with Crippen LogP contribution in [0.5, 0.6) is 0 Å². The summed E-state index contributed by atoms with van der Waals surface area (Å²) in [4.78, 5) is 13.8. The minimum Gasteiger partial charge on any atom is -0.378 e. The van der Waals surface area contributed by atoms with Gasteiger partial charge in [-0.25, -0.2) is 0 Å². The van der Waals surface area contributed by atoms with E-state index in [-0.39, 0.29) is 5.91 Å². The third-order valence-corrected chi connectivity index (χ3v) is 5.39. The van der Waals surface area contributed by atoms with E-state index in [1.165, 1.54) is 0 Å². The second kappa shape index (κ2) is 4.72. The highest BCUT2D eigenvalue weighted by atomic mass is 32.2. The zero-order chi connectivity index (χ0) is 13.6. The minimum absolute atomic E-state index is 0.331. The molecule has 2 aliphatic rings. The molecule has 1 saturated heterocycles. The summed E-state index contributed by atoms with van der Waals surface area (Å²) < 4.78 is 0. The number of nitrogens with zero attached hydrogens (tertiary/aromatic N) is 1. The molecule has 2 heterocycles. The lowest BCUT2D eigenvalue weighted by Crippen LogP contribution is -2.44. The van der Waals surface area contributed by atoms with Gasteiger partial charge in [-0.2, -0.15) is 11.8 Å². The second-order valence-corrected chi connectivity index (χ2v) is 6.66. The zero-order valence-electron chi connectivity index (χ0n) is 11.1. The van der Waals surface area contributed by atoms with Gasteiger partial charge in [-0.1, -0.05) is 13.0 Å². The normalized spacial score (nSPS) is 30.2. The van der Waals surface area contributed by atoms with E-state index < -0.39 is 6.10 Å².